The third-order valence-corrected chi connectivity index (χ3v) is 4.18. The van der Waals surface area contributed by atoms with E-state index in [1.807, 2.05) is 6.07 Å². The van der Waals surface area contributed by atoms with Gasteiger partial charge >= 0.3 is 0 Å². The number of hydrogen-bond donors (Lipinski definition) is 2. The zero-order chi connectivity index (χ0) is 16.1. The van der Waals surface area contributed by atoms with Crippen molar-refractivity contribution < 1.29 is 14.3 Å². The number of nitrogens with two attached hydrogens (primary N) is 1. The highest BCUT2D eigenvalue weighted by Crippen LogP contribution is 2.23. The molecule has 0 atom stereocenters. The van der Waals surface area contributed by atoms with Crippen LogP contribution in [0.25, 0.3) is 0 Å². The summed E-state index contributed by atoms with van der Waals surface area (Å²) >= 11 is 5.24. The van der Waals surface area contributed by atoms with E-state index in [0.717, 1.165) is 0 Å². The first-order valence-electron chi connectivity index (χ1n) is 7.05. The van der Waals surface area contributed by atoms with Crippen molar-refractivity contribution in [2.45, 2.75) is 12.8 Å². The summed E-state index contributed by atoms with van der Waals surface area (Å²) in [5.41, 5.74) is 5.87. The van der Waals surface area contributed by atoms with Crippen molar-refractivity contribution in [3.05, 3.63) is 24.3 Å². The average molecular weight is 321 g/mol. The Labute approximate surface area is 134 Å². The second kappa shape index (κ2) is 7.22. The van der Waals surface area contributed by atoms with Gasteiger partial charge in [-0.15, -0.1) is 0 Å². The van der Waals surface area contributed by atoms with E-state index in [2.05, 4.69) is 5.32 Å². The molecular formula is C15H19N3O3S. The highest BCUT2D eigenvalue weighted by molar-refractivity contribution is 7.82. The number of nitrogens with zero attached hydrogens (tertiary/aromatic N) is 1. The van der Waals surface area contributed by atoms with Crippen LogP contribution in [0, 0.1) is 5.92 Å². The zero-order valence-corrected chi connectivity index (χ0v) is 13.2. The molecule has 0 aromatic heterocycles. The van der Waals surface area contributed by atoms with E-state index in [9.17, 15) is 9.59 Å². The molecule has 6 nitrogen and oxygen atoms in total. The highest BCUT2D eigenvalue weighted by Gasteiger charge is 2.27. The number of piperidine rings is 1. The van der Waals surface area contributed by atoms with Crippen LogP contribution >= 0.6 is 12.2 Å². The molecule has 0 spiro atoms. The molecule has 1 aromatic rings. The molecule has 22 heavy (non-hydrogen) atoms. The first kappa shape index (κ1) is 16.2. The van der Waals surface area contributed by atoms with Crippen LogP contribution in [-0.4, -0.2) is 41.9 Å². The normalized spacial score (nSPS) is 15.2. The maximum atomic E-state index is 12.3. The quantitative estimate of drug-likeness (QED) is 0.816. The second-order valence-corrected chi connectivity index (χ2v) is 5.51. The number of nitrogens with one attached hydrogen (secondary N) is 1. The molecule has 1 aromatic carbocycles. The minimum Gasteiger partial charge on any atom is -0.495 e. The van der Waals surface area contributed by atoms with Crippen LogP contribution < -0.4 is 15.8 Å². The summed E-state index contributed by atoms with van der Waals surface area (Å²) < 4.78 is 5.19. The second-order valence-electron chi connectivity index (χ2n) is 5.12. The summed E-state index contributed by atoms with van der Waals surface area (Å²) in [5, 5.41) is 2.75. The van der Waals surface area contributed by atoms with Gasteiger partial charge in [-0.1, -0.05) is 24.4 Å². The fourth-order valence-electron chi connectivity index (χ4n) is 2.43. The molecule has 0 saturated carbocycles. The van der Waals surface area contributed by atoms with Gasteiger partial charge in [0.1, 0.15) is 5.75 Å². The van der Waals surface area contributed by atoms with Gasteiger partial charge in [0.15, 0.2) is 4.99 Å². The molecule has 0 radical (unpaired) electrons. The smallest absolute Gasteiger partial charge is 0.283 e. The number of rotatable bonds is 3. The number of likely N-dealkylation sites (tertiary alicyclic amines) is 1. The summed E-state index contributed by atoms with van der Waals surface area (Å²) in [6.45, 7) is 1.12. The van der Waals surface area contributed by atoms with E-state index in [1.54, 1.807) is 23.1 Å². The van der Waals surface area contributed by atoms with Gasteiger partial charge in [0, 0.05) is 19.0 Å². The van der Waals surface area contributed by atoms with Gasteiger partial charge in [-0.25, -0.2) is 0 Å². The molecule has 1 aliphatic rings. The first-order chi connectivity index (χ1) is 10.5. The summed E-state index contributed by atoms with van der Waals surface area (Å²) in [6, 6.07) is 7.14. The summed E-state index contributed by atoms with van der Waals surface area (Å²) in [6.07, 6.45) is 1.24. The molecule has 1 fully saturated rings. The third-order valence-electron chi connectivity index (χ3n) is 3.73. The van der Waals surface area contributed by atoms with Crippen molar-refractivity contribution in [2.75, 3.05) is 25.5 Å². The Morgan fingerprint density at radius 2 is 1.95 bits per heavy atom. The van der Waals surface area contributed by atoms with Crippen molar-refractivity contribution in [2.24, 2.45) is 11.7 Å². The number of carbonyl (C=O) groups is 2. The maximum Gasteiger partial charge on any atom is 0.283 e. The summed E-state index contributed by atoms with van der Waals surface area (Å²) in [7, 11) is 1.54. The van der Waals surface area contributed by atoms with E-state index in [-0.39, 0.29) is 22.7 Å². The van der Waals surface area contributed by atoms with Crippen molar-refractivity contribution >= 4 is 34.7 Å². The molecule has 7 heteroatoms. The lowest BCUT2D eigenvalue weighted by atomic mass is 9.96. The monoisotopic (exact) mass is 321 g/mol. The number of benzene rings is 1. The predicted molar refractivity (Wildman–Crippen MR) is 87.7 cm³/mol. The van der Waals surface area contributed by atoms with Crippen LogP contribution in [0.5, 0.6) is 5.75 Å². The summed E-state index contributed by atoms with van der Waals surface area (Å²) in [4.78, 5) is 25.4. The number of primary amides is 1. The Bertz CT molecular complexity index is 583. The number of hydrogen-bond acceptors (Lipinski definition) is 4. The average Bonchev–Trinajstić information content (AvgIpc) is 2.54. The minimum absolute atomic E-state index is 0.128. The van der Waals surface area contributed by atoms with Gasteiger partial charge in [-0.3, -0.25) is 9.59 Å². The van der Waals surface area contributed by atoms with E-state index in [0.29, 0.717) is 37.4 Å². The standard InChI is InChI=1S/C15H19N3O3S/c1-21-12-5-3-2-4-11(12)17-14(20)15(22)18-8-6-10(7-9-18)13(16)19/h2-5,10H,6-9H2,1H3,(H2,16,19)(H,17,20). The molecule has 1 aliphatic heterocycles. The Morgan fingerprint density at radius 1 is 1.32 bits per heavy atom. The van der Waals surface area contributed by atoms with Gasteiger partial charge in [0.2, 0.25) is 5.91 Å². The lowest BCUT2D eigenvalue weighted by Crippen LogP contribution is -2.45. The molecule has 0 bridgehead atoms. The van der Waals surface area contributed by atoms with Crippen LogP contribution in [0.15, 0.2) is 24.3 Å². The molecule has 2 rings (SSSR count). The molecule has 0 aliphatic carbocycles. The molecule has 118 valence electrons. The number of methoxy groups -OCH3 is 1. The van der Waals surface area contributed by atoms with Crippen LogP contribution in [0.1, 0.15) is 12.8 Å². The maximum absolute atomic E-state index is 12.3. The lowest BCUT2D eigenvalue weighted by Gasteiger charge is -2.31. The molecule has 1 saturated heterocycles. The Hall–Kier alpha value is -2.15. The molecular weight excluding hydrogens is 302 g/mol. The Kier molecular flexibility index (Phi) is 5.32. The minimum atomic E-state index is -0.350. The van der Waals surface area contributed by atoms with E-state index >= 15 is 0 Å². The zero-order valence-electron chi connectivity index (χ0n) is 12.4. The Balaban J connectivity index is 1.96. The number of anilines is 1. The fourth-order valence-corrected chi connectivity index (χ4v) is 2.67. The number of thiocarbonyl (C=S) groups is 1. The van der Waals surface area contributed by atoms with Gasteiger partial charge in [-0.2, -0.15) is 0 Å². The summed E-state index contributed by atoms with van der Waals surface area (Å²) in [5.74, 6) is -0.191. The third kappa shape index (κ3) is 3.73. The molecule has 0 unspecified atom stereocenters. The van der Waals surface area contributed by atoms with Crippen LogP contribution in [-0.2, 0) is 9.59 Å². The van der Waals surface area contributed by atoms with Gasteiger partial charge in [0.05, 0.1) is 12.8 Å². The van der Waals surface area contributed by atoms with Crippen molar-refractivity contribution in [3.8, 4) is 5.75 Å². The number of amides is 2. The van der Waals surface area contributed by atoms with Crippen LogP contribution in [0.3, 0.4) is 0 Å². The fraction of sp³-hybridized carbons (Fsp3) is 0.400. The molecule has 3 N–H and O–H groups in total. The highest BCUT2D eigenvalue weighted by atomic mass is 32.1. The lowest BCUT2D eigenvalue weighted by molar-refractivity contribution is -0.122. The number of para-hydroxylation sites is 2. The van der Waals surface area contributed by atoms with Crippen molar-refractivity contribution in [1.29, 1.82) is 0 Å². The predicted octanol–water partition coefficient (Wildman–Crippen LogP) is 1.16. The van der Waals surface area contributed by atoms with Crippen LogP contribution in [0.2, 0.25) is 0 Å². The topological polar surface area (TPSA) is 84.7 Å². The van der Waals surface area contributed by atoms with Crippen LogP contribution in [0.4, 0.5) is 5.69 Å². The van der Waals surface area contributed by atoms with Crippen molar-refractivity contribution in [1.82, 2.24) is 4.90 Å². The van der Waals surface area contributed by atoms with Crippen molar-refractivity contribution in [3.63, 3.8) is 0 Å². The SMILES string of the molecule is COc1ccccc1NC(=O)C(=S)N1CCC(C(N)=O)CC1. The molecule has 2 amide bonds. The molecule has 1 heterocycles. The number of ether oxygens (including phenoxy) is 1. The van der Waals surface area contributed by atoms with E-state index in [1.165, 1.54) is 7.11 Å². The van der Waals surface area contributed by atoms with Gasteiger partial charge in [0.25, 0.3) is 5.91 Å². The van der Waals surface area contributed by atoms with E-state index in [4.69, 9.17) is 22.7 Å². The first-order valence-corrected chi connectivity index (χ1v) is 7.46. The largest absolute Gasteiger partial charge is 0.495 e. The number of carbonyl (C=O) groups excluding carboxylic acids is 2. The Morgan fingerprint density at radius 3 is 2.55 bits per heavy atom. The van der Waals surface area contributed by atoms with Gasteiger partial charge < -0.3 is 20.7 Å². The van der Waals surface area contributed by atoms with E-state index < -0.39 is 0 Å². The van der Waals surface area contributed by atoms with Gasteiger partial charge in [-0.05, 0) is 25.0 Å².